The maximum Gasteiger partial charge on any atom is 0.334 e. The lowest BCUT2D eigenvalue weighted by molar-refractivity contribution is -0.143. The van der Waals surface area contributed by atoms with Crippen molar-refractivity contribution in [2.45, 2.75) is 27.3 Å². The number of nitrogens with zero attached hydrogens (tertiary/aromatic N) is 4. The second-order valence-electron chi connectivity index (χ2n) is 6.23. The second-order valence-corrected chi connectivity index (χ2v) is 6.23. The molecule has 4 amide bonds. The first-order chi connectivity index (χ1) is 11.4. The minimum Gasteiger partial charge on any atom is -0.263 e. The van der Waals surface area contributed by atoms with Crippen molar-refractivity contribution in [2.75, 3.05) is 6.54 Å². The lowest BCUT2D eigenvalue weighted by Gasteiger charge is -2.17. The molecule has 1 aromatic carbocycles. The molecule has 1 fully saturated rings. The Kier molecular flexibility index (Phi) is 4.01. The summed E-state index contributed by atoms with van der Waals surface area (Å²) in [5, 5.41) is 0. The van der Waals surface area contributed by atoms with Crippen molar-refractivity contribution in [3.05, 3.63) is 35.7 Å². The molecule has 0 saturated carbocycles. The molecular formula is C17H18N4O3. The van der Waals surface area contributed by atoms with Crippen LogP contribution in [0.25, 0.3) is 11.0 Å². The summed E-state index contributed by atoms with van der Waals surface area (Å²) in [4.78, 5) is 47.4. The Balaban J connectivity index is 1.90. The highest BCUT2D eigenvalue weighted by Gasteiger charge is 2.44. The zero-order valence-electron chi connectivity index (χ0n) is 13.8. The molecular weight excluding hydrogens is 308 g/mol. The minimum atomic E-state index is -0.810. The Hall–Kier alpha value is -2.83. The average Bonchev–Trinajstić information content (AvgIpc) is 2.73. The highest BCUT2D eigenvalue weighted by atomic mass is 16.2. The molecule has 2 heterocycles. The van der Waals surface area contributed by atoms with Gasteiger partial charge in [-0.15, -0.1) is 0 Å². The normalized spacial score (nSPS) is 15.2. The predicted molar refractivity (Wildman–Crippen MR) is 86.8 cm³/mol. The van der Waals surface area contributed by atoms with Crippen molar-refractivity contribution in [2.24, 2.45) is 5.92 Å². The second kappa shape index (κ2) is 5.99. The number of para-hydroxylation sites is 2. The van der Waals surface area contributed by atoms with Crippen LogP contribution in [0.4, 0.5) is 4.79 Å². The highest BCUT2D eigenvalue weighted by Crippen LogP contribution is 2.19. The molecule has 3 rings (SSSR count). The number of aryl methyl sites for hydroxylation is 1. The number of fused-ring (bicyclic) bond motifs is 1. The summed E-state index contributed by atoms with van der Waals surface area (Å²) in [6.07, 6.45) is 0. The van der Waals surface area contributed by atoms with Crippen molar-refractivity contribution in [3.8, 4) is 0 Å². The number of amides is 4. The predicted octanol–water partition coefficient (Wildman–Crippen LogP) is 1.89. The smallest absolute Gasteiger partial charge is 0.263 e. The van der Waals surface area contributed by atoms with Gasteiger partial charge in [-0.2, -0.15) is 0 Å². The fourth-order valence-electron chi connectivity index (χ4n) is 2.64. The third-order valence-corrected chi connectivity index (χ3v) is 3.83. The topological polar surface area (TPSA) is 83.5 Å². The summed E-state index contributed by atoms with van der Waals surface area (Å²) in [5.74, 6) is -1.50. The van der Waals surface area contributed by atoms with Gasteiger partial charge in [-0.25, -0.2) is 19.7 Å². The summed E-state index contributed by atoms with van der Waals surface area (Å²) in [7, 11) is 0. The Morgan fingerprint density at radius 3 is 2.17 bits per heavy atom. The van der Waals surface area contributed by atoms with Gasteiger partial charge in [0.15, 0.2) is 0 Å². The average molecular weight is 326 g/mol. The van der Waals surface area contributed by atoms with E-state index in [1.807, 2.05) is 38.1 Å². The SMILES string of the molecule is Cc1nc2ccccc2nc1CN1C(=O)C(=O)N(CC(C)C)C1=O. The van der Waals surface area contributed by atoms with Crippen LogP contribution in [-0.2, 0) is 16.1 Å². The fourth-order valence-corrected chi connectivity index (χ4v) is 2.64. The summed E-state index contributed by atoms with van der Waals surface area (Å²) in [6, 6.07) is 6.78. The Morgan fingerprint density at radius 2 is 1.54 bits per heavy atom. The molecule has 0 unspecified atom stereocenters. The molecule has 1 aliphatic heterocycles. The van der Waals surface area contributed by atoms with Crippen LogP contribution in [-0.4, -0.2) is 44.2 Å². The van der Waals surface area contributed by atoms with Crippen LogP contribution in [0.15, 0.2) is 24.3 Å². The quantitative estimate of drug-likeness (QED) is 0.633. The molecule has 7 heteroatoms. The first-order valence-electron chi connectivity index (χ1n) is 7.78. The molecule has 0 radical (unpaired) electrons. The number of carbonyl (C=O) groups excluding carboxylic acids is 3. The molecule has 0 N–H and O–H groups in total. The van der Waals surface area contributed by atoms with Crippen LogP contribution < -0.4 is 0 Å². The largest absolute Gasteiger partial charge is 0.334 e. The molecule has 0 aliphatic carbocycles. The molecule has 0 atom stereocenters. The number of hydrogen-bond acceptors (Lipinski definition) is 5. The molecule has 124 valence electrons. The van der Waals surface area contributed by atoms with Gasteiger partial charge in [0.25, 0.3) is 0 Å². The molecule has 1 aliphatic rings. The van der Waals surface area contributed by atoms with Gasteiger partial charge in [0.05, 0.1) is 29.0 Å². The monoisotopic (exact) mass is 326 g/mol. The minimum absolute atomic E-state index is 0.0539. The first-order valence-corrected chi connectivity index (χ1v) is 7.78. The maximum absolute atomic E-state index is 12.4. The van der Waals surface area contributed by atoms with Gasteiger partial charge in [-0.1, -0.05) is 26.0 Å². The number of urea groups is 1. The summed E-state index contributed by atoms with van der Waals surface area (Å²) >= 11 is 0. The lowest BCUT2D eigenvalue weighted by atomic mass is 10.2. The molecule has 7 nitrogen and oxygen atoms in total. The molecule has 24 heavy (non-hydrogen) atoms. The van der Waals surface area contributed by atoms with Gasteiger partial charge >= 0.3 is 17.8 Å². The van der Waals surface area contributed by atoms with E-state index in [0.29, 0.717) is 16.9 Å². The van der Waals surface area contributed by atoms with Gasteiger partial charge in [0.2, 0.25) is 0 Å². The van der Waals surface area contributed by atoms with E-state index in [0.717, 1.165) is 15.3 Å². The highest BCUT2D eigenvalue weighted by molar-refractivity contribution is 6.44. The van der Waals surface area contributed by atoms with E-state index in [-0.39, 0.29) is 19.0 Å². The molecule has 1 aromatic heterocycles. The Morgan fingerprint density at radius 1 is 0.958 bits per heavy atom. The maximum atomic E-state index is 12.4. The Bertz CT molecular complexity index is 847. The van der Waals surface area contributed by atoms with Crippen LogP contribution in [0.2, 0.25) is 0 Å². The van der Waals surface area contributed by atoms with E-state index in [2.05, 4.69) is 9.97 Å². The zero-order valence-corrected chi connectivity index (χ0v) is 13.8. The van der Waals surface area contributed by atoms with Gasteiger partial charge in [0.1, 0.15) is 0 Å². The number of imide groups is 2. The number of hydrogen-bond donors (Lipinski definition) is 0. The van der Waals surface area contributed by atoms with Crippen molar-refractivity contribution in [3.63, 3.8) is 0 Å². The summed E-state index contributed by atoms with van der Waals surface area (Å²) in [5.41, 5.74) is 2.57. The summed E-state index contributed by atoms with van der Waals surface area (Å²) < 4.78 is 0. The number of rotatable bonds is 4. The van der Waals surface area contributed by atoms with Crippen molar-refractivity contribution in [1.29, 1.82) is 0 Å². The van der Waals surface area contributed by atoms with E-state index >= 15 is 0 Å². The van der Waals surface area contributed by atoms with Crippen LogP contribution >= 0.6 is 0 Å². The molecule has 0 bridgehead atoms. The zero-order chi connectivity index (χ0) is 17.4. The standard InChI is InChI=1S/C17H18N4O3/c1-10(2)8-20-15(22)16(23)21(17(20)24)9-14-11(3)18-12-6-4-5-7-13(12)19-14/h4-7,10H,8-9H2,1-3H3. The van der Waals surface area contributed by atoms with Gasteiger partial charge in [-0.05, 0) is 25.0 Å². The van der Waals surface area contributed by atoms with Crippen LogP contribution in [0.5, 0.6) is 0 Å². The van der Waals surface area contributed by atoms with Crippen molar-refractivity contribution in [1.82, 2.24) is 19.8 Å². The first kappa shape index (κ1) is 16.0. The third kappa shape index (κ3) is 2.73. The molecule has 1 saturated heterocycles. The lowest BCUT2D eigenvalue weighted by Crippen LogP contribution is -2.35. The number of carbonyl (C=O) groups is 3. The summed E-state index contributed by atoms with van der Waals surface area (Å²) in [6.45, 7) is 5.71. The van der Waals surface area contributed by atoms with Crippen LogP contribution in [0.3, 0.4) is 0 Å². The van der Waals surface area contributed by atoms with E-state index in [9.17, 15) is 14.4 Å². The van der Waals surface area contributed by atoms with Crippen molar-refractivity contribution < 1.29 is 14.4 Å². The number of benzene rings is 1. The fraction of sp³-hybridized carbons (Fsp3) is 0.353. The number of aromatic nitrogens is 2. The van der Waals surface area contributed by atoms with Gasteiger partial charge in [0, 0.05) is 6.54 Å². The molecule has 2 aromatic rings. The van der Waals surface area contributed by atoms with Gasteiger partial charge in [-0.3, -0.25) is 14.5 Å². The third-order valence-electron chi connectivity index (χ3n) is 3.83. The van der Waals surface area contributed by atoms with Gasteiger partial charge < -0.3 is 0 Å². The van der Waals surface area contributed by atoms with E-state index in [1.54, 1.807) is 6.92 Å². The van der Waals surface area contributed by atoms with Crippen LogP contribution in [0.1, 0.15) is 25.2 Å². The van der Waals surface area contributed by atoms with E-state index in [1.165, 1.54) is 0 Å². The Labute approximate surface area is 139 Å². The molecule has 0 spiro atoms. The van der Waals surface area contributed by atoms with E-state index < -0.39 is 17.8 Å². The van der Waals surface area contributed by atoms with E-state index in [4.69, 9.17) is 0 Å². The van der Waals surface area contributed by atoms with Crippen molar-refractivity contribution >= 4 is 28.9 Å². The van der Waals surface area contributed by atoms with Crippen LogP contribution in [0, 0.1) is 12.8 Å².